The van der Waals surface area contributed by atoms with Gasteiger partial charge < -0.3 is 15.4 Å². The van der Waals surface area contributed by atoms with E-state index in [2.05, 4.69) is 23.8 Å². The predicted octanol–water partition coefficient (Wildman–Crippen LogP) is 1.02. The number of aromatic nitrogens is 2. The van der Waals surface area contributed by atoms with Crippen molar-refractivity contribution in [3.8, 4) is 0 Å². The summed E-state index contributed by atoms with van der Waals surface area (Å²) in [7, 11) is 1.90. The molecule has 1 saturated heterocycles. The third-order valence-electron chi connectivity index (χ3n) is 3.67. The number of nitrogen functional groups attached to an aromatic ring is 1. The van der Waals surface area contributed by atoms with Crippen molar-refractivity contribution in [2.75, 3.05) is 18.1 Å². The summed E-state index contributed by atoms with van der Waals surface area (Å²) in [5, 5.41) is 12.2. The zero-order valence-electron chi connectivity index (χ0n) is 12.1. The minimum absolute atomic E-state index is 0.0783. The molecule has 3 N–H and O–H groups in total. The highest BCUT2D eigenvalue weighted by Gasteiger charge is 2.31. The monoisotopic (exact) mass is 265 g/mol. The van der Waals surface area contributed by atoms with Gasteiger partial charge in [-0.25, -0.2) is 0 Å². The normalized spacial score (nSPS) is 23.7. The summed E-state index contributed by atoms with van der Waals surface area (Å²) in [6.07, 6.45) is 1.17. The first-order valence-corrected chi connectivity index (χ1v) is 6.71. The molecular weight excluding hydrogens is 242 g/mol. The summed E-state index contributed by atoms with van der Waals surface area (Å²) in [5.41, 5.74) is 7.28. The molecule has 2 unspecified atom stereocenters. The number of amidine groups is 1. The first-order chi connectivity index (χ1) is 8.95. The van der Waals surface area contributed by atoms with Gasteiger partial charge in [-0.3, -0.25) is 10.1 Å². The van der Waals surface area contributed by atoms with E-state index in [1.165, 1.54) is 0 Å². The Bertz CT molecular complexity index is 482. The summed E-state index contributed by atoms with van der Waals surface area (Å²) >= 11 is 0. The zero-order valence-corrected chi connectivity index (χ0v) is 12.1. The number of ether oxygens (including phenoxy) is 1. The molecule has 106 valence electrons. The second kappa shape index (κ2) is 5.21. The quantitative estimate of drug-likeness (QED) is 0.631. The standard InChI is InChI=1S/C13H23N5O/c1-5-10-7-19-8(2)6-18(10)13-11(12(14)15)9(3)16-17(13)4/h8,10H,5-7H2,1-4H3,(H3,14,15). The number of nitrogens with two attached hydrogens (primary N) is 1. The van der Waals surface area contributed by atoms with Gasteiger partial charge in [-0.2, -0.15) is 5.10 Å². The SMILES string of the molecule is CCC1COC(C)CN1c1c(C(=N)N)c(C)nn1C. The highest BCUT2D eigenvalue weighted by Crippen LogP contribution is 2.28. The van der Waals surface area contributed by atoms with Crippen LogP contribution < -0.4 is 10.6 Å². The molecule has 2 heterocycles. The van der Waals surface area contributed by atoms with Crippen LogP contribution in [0.1, 0.15) is 31.5 Å². The topological polar surface area (TPSA) is 80.2 Å². The second-order valence-corrected chi connectivity index (χ2v) is 5.18. The van der Waals surface area contributed by atoms with Crippen molar-refractivity contribution < 1.29 is 4.74 Å². The molecule has 0 saturated carbocycles. The Morgan fingerprint density at radius 2 is 2.26 bits per heavy atom. The molecule has 19 heavy (non-hydrogen) atoms. The minimum Gasteiger partial charge on any atom is -0.384 e. The second-order valence-electron chi connectivity index (χ2n) is 5.18. The zero-order chi connectivity index (χ0) is 14.2. The van der Waals surface area contributed by atoms with E-state index in [0.717, 1.165) is 30.0 Å². The van der Waals surface area contributed by atoms with E-state index >= 15 is 0 Å². The van der Waals surface area contributed by atoms with E-state index in [0.29, 0.717) is 12.6 Å². The van der Waals surface area contributed by atoms with E-state index in [9.17, 15) is 0 Å². The maximum absolute atomic E-state index is 7.79. The fraction of sp³-hybridized carbons (Fsp3) is 0.692. The van der Waals surface area contributed by atoms with E-state index in [1.54, 1.807) is 0 Å². The lowest BCUT2D eigenvalue weighted by atomic mass is 10.1. The summed E-state index contributed by atoms with van der Waals surface area (Å²) in [6, 6.07) is 0.309. The van der Waals surface area contributed by atoms with Crippen LogP contribution in [0.15, 0.2) is 0 Å². The molecule has 0 radical (unpaired) electrons. The van der Waals surface area contributed by atoms with Crippen LogP contribution in [-0.4, -0.2) is 40.9 Å². The molecule has 2 rings (SSSR count). The van der Waals surface area contributed by atoms with Gasteiger partial charge in [0.05, 0.1) is 30.0 Å². The average Bonchev–Trinajstić information content (AvgIpc) is 2.64. The molecule has 2 atom stereocenters. The molecule has 0 aliphatic carbocycles. The van der Waals surface area contributed by atoms with Crippen molar-refractivity contribution in [3.05, 3.63) is 11.3 Å². The number of nitrogens with one attached hydrogen (secondary N) is 1. The minimum atomic E-state index is 0.0783. The molecule has 1 fully saturated rings. The van der Waals surface area contributed by atoms with Crippen LogP contribution in [-0.2, 0) is 11.8 Å². The van der Waals surface area contributed by atoms with Gasteiger partial charge in [0.1, 0.15) is 11.7 Å². The van der Waals surface area contributed by atoms with Crippen molar-refractivity contribution in [2.45, 2.75) is 39.3 Å². The molecule has 0 bridgehead atoms. The Kier molecular flexibility index (Phi) is 3.80. The molecule has 6 heteroatoms. The summed E-state index contributed by atoms with van der Waals surface area (Å²) < 4.78 is 7.55. The summed E-state index contributed by atoms with van der Waals surface area (Å²) in [5.74, 6) is 1.02. The molecule has 1 aromatic heterocycles. The van der Waals surface area contributed by atoms with Crippen molar-refractivity contribution in [1.29, 1.82) is 5.41 Å². The number of anilines is 1. The summed E-state index contributed by atoms with van der Waals surface area (Å²) in [4.78, 5) is 2.28. The van der Waals surface area contributed by atoms with Gasteiger partial charge in [-0.15, -0.1) is 0 Å². The Morgan fingerprint density at radius 1 is 1.58 bits per heavy atom. The fourth-order valence-corrected chi connectivity index (χ4v) is 2.73. The first-order valence-electron chi connectivity index (χ1n) is 6.71. The Morgan fingerprint density at radius 3 is 2.84 bits per heavy atom. The van der Waals surface area contributed by atoms with E-state index in [1.807, 2.05) is 18.7 Å². The van der Waals surface area contributed by atoms with Crippen LogP contribution in [0.25, 0.3) is 0 Å². The Labute approximate surface area is 114 Å². The largest absolute Gasteiger partial charge is 0.384 e. The number of hydrogen-bond donors (Lipinski definition) is 2. The number of hydrogen-bond acceptors (Lipinski definition) is 4. The lowest BCUT2D eigenvalue weighted by molar-refractivity contribution is 0.0293. The molecule has 6 nitrogen and oxygen atoms in total. The number of aryl methyl sites for hydroxylation is 2. The molecule has 1 aromatic rings. The van der Waals surface area contributed by atoms with Gasteiger partial charge in [-0.05, 0) is 20.3 Å². The Balaban J connectivity index is 2.46. The lowest BCUT2D eigenvalue weighted by Gasteiger charge is -2.40. The highest BCUT2D eigenvalue weighted by atomic mass is 16.5. The van der Waals surface area contributed by atoms with Crippen LogP contribution in [0.2, 0.25) is 0 Å². The van der Waals surface area contributed by atoms with Gasteiger partial charge in [0, 0.05) is 13.6 Å². The third-order valence-corrected chi connectivity index (χ3v) is 3.67. The predicted molar refractivity (Wildman–Crippen MR) is 75.8 cm³/mol. The number of nitrogens with zero attached hydrogens (tertiary/aromatic N) is 3. The van der Waals surface area contributed by atoms with E-state index in [-0.39, 0.29) is 11.9 Å². The van der Waals surface area contributed by atoms with Crippen LogP contribution in [0, 0.1) is 12.3 Å². The van der Waals surface area contributed by atoms with Gasteiger partial charge >= 0.3 is 0 Å². The molecule has 0 spiro atoms. The van der Waals surface area contributed by atoms with E-state index < -0.39 is 0 Å². The Hall–Kier alpha value is -1.56. The van der Waals surface area contributed by atoms with Crippen molar-refractivity contribution in [2.24, 2.45) is 12.8 Å². The van der Waals surface area contributed by atoms with Crippen LogP contribution in [0.4, 0.5) is 5.82 Å². The molecule has 0 amide bonds. The van der Waals surface area contributed by atoms with Gasteiger partial charge in [0.2, 0.25) is 0 Å². The van der Waals surface area contributed by atoms with Crippen LogP contribution in [0.3, 0.4) is 0 Å². The molecule has 0 aromatic carbocycles. The van der Waals surface area contributed by atoms with E-state index in [4.69, 9.17) is 15.9 Å². The van der Waals surface area contributed by atoms with Crippen molar-refractivity contribution >= 4 is 11.7 Å². The molecule has 1 aliphatic rings. The van der Waals surface area contributed by atoms with Crippen molar-refractivity contribution in [1.82, 2.24) is 9.78 Å². The fourth-order valence-electron chi connectivity index (χ4n) is 2.73. The van der Waals surface area contributed by atoms with Crippen molar-refractivity contribution in [3.63, 3.8) is 0 Å². The number of rotatable bonds is 3. The highest BCUT2D eigenvalue weighted by molar-refractivity contribution is 6.01. The van der Waals surface area contributed by atoms with Crippen LogP contribution in [0.5, 0.6) is 0 Å². The van der Waals surface area contributed by atoms with Gasteiger partial charge in [0.15, 0.2) is 0 Å². The average molecular weight is 265 g/mol. The lowest BCUT2D eigenvalue weighted by Crippen LogP contribution is -2.50. The summed E-state index contributed by atoms with van der Waals surface area (Å²) in [6.45, 7) is 7.62. The maximum atomic E-state index is 7.79. The number of morpholine rings is 1. The molecular formula is C13H23N5O. The molecule has 1 aliphatic heterocycles. The first kappa shape index (κ1) is 13.9. The van der Waals surface area contributed by atoms with Gasteiger partial charge in [-0.1, -0.05) is 6.92 Å². The smallest absolute Gasteiger partial charge is 0.138 e. The maximum Gasteiger partial charge on any atom is 0.138 e. The van der Waals surface area contributed by atoms with Crippen LogP contribution >= 0.6 is 0 Å². The third kappa shape index (κ3) is 2.45. The van der Waals surface area contributed by atoms with Gasteiger partial charge in [0.25, 0.3) is 0 Å².